The van der Waals surface area contributed by atoms with E-state index in [0.29, 0.717) is 17.1 Å². The van der Waals surface area contributed by atoms with Gasteiger partial charge in [0.2, 0.25) is 0 Å². The smallest absolute Gasteiger partial charge is 0.350 e. The molecule has 1 aromatic heterocycles. The van der Waals surface area contributed by atoms with Gasteiger partial charge in [0.15, 0.2) is 5.13 Å². The second-order valence-electron chi connectivity index (χ2n) is 3.81. The van der Waals surface area contributed by atoms with Gasteiger partial charge >= 0.3 is 5.97 Å². The summed E-state index contributed by atoms with van der Waals surface area (Å²) < 4.78 is 4.67. The first-order chi connectivity index (χ1) is 7.99. The topological polar surface area (TPSA) is 66.2 Å². The van der Waals surface area contributed by atoms with Gasteiger partial charge in [0, 0.05) is 13.6 Å². The quantitative estimate of drug-likeness (QED) is 0.766. The summed E-state index contributed by atoms with van der Waals surface area (Å²) in [6.07, 6.45) is 0. The lowest BCUT2D eigenvalue weighted by Crippen LogP contribution is -2.22. The number of nitrogens with zero attached hydrogens (tertiary/aromatic N) is 3. The Hall–Kier alpha value is -1.61. The highest BCUT2D eigenvalue weighted by Gasteiger charge is 2.18. The highest BCUT2D eigenvalue weighted by atomic mass is 32.1. The SMILES string of the molecule is COC(=O)c1sc(N(C)CC(C)C#N)nc1C. The van der Waals surface area contributed by atoms with E-state index in [1.807, 2.05) is 18.9 Å². The van der Waals surface area contributed by atoms with Crippen LogP contribution in [0.3, 0.4) is 0 Å². The van der Waals surface area contributed by atoms with Crippen molar-refractivity contribution in [2.45, 2.75) is 13.8 Å². The molecule has 6 heteroatoms. The number of thiazole rings is 1. The minimum atomic E-state index is -0.368. The van der Waals surface area contributed by atoms with Crippen molar-refractivity contribution in [3.63, 3.8) is 0 Å². The first-order valence-corrected chi connectivity index (χ1v) is 5.97. The Morgan fingerprint density at radius 3 is 2.88 bits per heavy atom. The Kier molecular flexibility index (Phi) is 4.46. The zero-order valence-corrected chi connectivity index (χ0v) is 11.2. The molecule has 1 atom stereocenters. The molecule has 0 aliphatic carbocycles. The minimum Gasteiger partial charge on any atom is -0.465 e. The number of aryl methyl sites for hydroxylation is 1. The Labute approximate surface area is 105 Å². The molecule has 1 rings (SSSR count). The molecule has 0 N–H and O–H groups in total. The lowest BCUT2D eigenvalue weighted by atomic mass is 10.2. The van der Waals surface area contributed by atoms with Crippen molar-refractivity contribution in [2.75, 3.05) is 25.6 Å². The molecule has 0 radical (unpaired) electrons. The van der Waals surface area contributed by atoms with E-state index >= 15 is 0 Å². The molecule has 1 heterocycles. The van der Waals surface area contributed by atoms with E-state index < -0.39 is 0 Å². The lowest BCUT2D eigenvalue weighted by Gasteiger charge is -2.16. The van der Waals surface area contributed by atoms with Gasteiger partial charge in [0.1, 0.15) is 4.88 Å². The molecule has 92 valence electrons. The fourth-order valence-corrected chi connectivity index (χ4v) is 2.31. The second kappa shape index (κ2) is 5.64. The molecule has 0 spiro atoms. The van der Waals surface area contributed by atoms with Gasteiger partial charge in [-0.15, -0.1) is 0 Å². The molecule has 0 saturated carbocycles. The van der Waals surface area contributed by atoms with Gasteiger partial charge in [-0.2, -0.15) is 5.26 Å². The minimum absolute atomic E-state index is 0.0780. The molecular weight excluding hydrogens is 238 g/mol. The molecule has 1 unspecified atom stereocenters. The van der Waals surface area contributed by atoms with Gasteiger partial charge in [-0.3, -0.25) is 0 Å². The van der Waals surface area contributed by atoms with Crippen LogP contribution in [0.15, 0.2) is 0 Å². The van der Waals surface area contributed by atoms with Crippen LogP contribution in [0.4, 0.5) is 5.13 Å². The van der Waals surface area contributed by atoms with Gasteiger partial charge < -0.3 is 9.64 Å². The highest BCUT2D eigenvalue weighted by Crippen LogP contribution is 2.26. The number of rotatable bonds is 4. The van der Waals surface area contributed by atoms with Crippen molar-refractivity contribution in [3.8, 4) is 6.07 Å². The third kappa shape index (κ3) is 3.17. The van der Waals surface area contributed by atoms with E-state index in [9.17, 15) is 4.79 Å². The van der Waals surface area contributed by atoms with Gasteiger partial charge in [-0.1, -0.05) is 11.3 Å². The fraction of sp³-hybridized carbons (Fsp3) is 0.545. The summed E-state index contributed by atoms with van der Waals surface area (Å²) in [5.74, 6) is -0.446. The zero-order chi connectivity index (χ0) is 13.0. The maximum absolute atomic E-state index is 11.4. The Bertz CT molecular complexity index is 450. The molecule has 0 aromatic carbocycles. The normalized spacial score (nSPS) is 11.7. The van der Waals surface area contributed by atoms with Crippen LogP contribution in [0.5, 0.6) is 0 Å². The van der Waals surface area contributed by atoms with E-state index in [-0.39, 0.29) is 11.9 Å². The average Bonchev–Trinajstić information content (AvgIpc) is 2.70. The number of methoxy groups -OCH3 is 1. The van der Waals surface area contributed by atoms with Crippen LogP contribution in [0.25, 0.3) is 0 Å². The van der Waals surface area contributed by atoms with Crippen molar-refractivity contribution >= 4 is 22.4 Å². The maximum atomic E-state index is 11.4. The van der Waals surface area contributed by atoms with Crippen LogP contribution in [-0.2, 0) is 4.74 Å². The van der Waals surface area contributed by atoms with E-state index in [0.717, 1.165) is 5.13 Å². The lowest BCUT2D eigenvalue weighted by molar-refractivity contribution is 0.0605. The largest absolute Gasteiger partial charge is 0.465 e. The molecule has 1 aromatic rings. The predicted molar refractivity (Wildman–Crippen MR) is 66.2 cm³/mol. The van der Waals surface area contributed by atoms with Gasteiger partial charge in [-0.25, -0.2) is 9.78 Å². The summed E-state index contributed by atoms with van der Waals surface area (Å²) in [6, 6.07) is 2.16. The molecule has 0 aliphatic heterocycles. The van der Waals surface area contributed by atoms with Crippen molar-refractivity contribution in [1.82, 2.24) is 4.98 Å². The standard InChI is InChI=1S/C11H15N3O2S/c1-7(5-12)6-14(3)11-13-8(2)9(17-11)10(15)16-4/h7H,6H2,1-4H3. The number of ether oxygens (including phenoxy) is 1. The molecule has 0 aliphatic rings. The molecule has 0 fully saturated rings. The van der Waals surface area contributed by atoms with Crippen molar-refractivity contribution in [2.24, 2.45) is 5.92 Å². The van der Waals surface area contributed by atoms with Crippen LogP contribution in [0.2, 0.25) is 0 Å². The van der Waals surface area contributed by atoms with Crippen LogP contribution in [-0.4, -0.2) is 31.7 Å². The second-order valence-corrected chi connectivity index (χ2v) is 4.79. The number of esters is 1. The Balaban J connectivity index is 2.86. The molecule has 0 bridgehead atoms. The van der Waals surface area contributed by atoms with Gasteiger partial charge in [0.05, 0.1) is 24.8 Å². The maximum Gasteiger partial charge on any atom is 0.350 e. The Morgan fingerprint density at radius 1 is 1.71 bits per heavy atom. The van der Waals surface area contributed by atoms with E-state index in [2.05, 4.69) is 15.8 Å². The predicted octanol–water partition coefficient (Wildman–Crippen LogP) is 1.83. The van der Waals surface area contributed by atoms with Gasteiger partial charge in [0.25, 0.3) is 0 Å². The summed E-state index contributed by atoms with van der Waals surface area (Å²) in [4.78, 5) is 18.1. The number of hydrogen-bond donors (Lipinski definition) is 0. The van der Waals surface area contributed by atoms with Crippen LogP contribution in [0.1, 0.15) is 22.3 Å². The van der Waals surface area contributed by atoms with E-state index in [1.54, 1.807) is 6.92 Å². The zero-order valence-electron chi connectivity index (χ0n) is 10.4. The number of nitriles is 1. The van der Waals surface area contributed by atoms with Crippen molar-refractivity contribution in [3.05, 3.63) is 10.6 Å². The third-order valence-corrected chi connectivity index (χ3v) is 3.50. The molecule has 0 amide bonds. The summed E-state index contributed by atoms with van der Waals surface area (Å²) in [6.45, 7) is 4.20. The number of aromatic nitrogens is 1. The monoisotopic (exact) mass is 253 g/mol. The van der Waals surface area contributed by atoms with Crippen molar-refractivity contribution < 1.29 is 9.53 Å². The number of hydrogen-bond acceptors (Lipinski definition) is 6. The first-order valence-electron chi connectivity index (χ1n) is 5.16. The Morgan fingerprint density at radius 2 is 2.35 bits per heavy atom. The van der Waals surface area contributed by atoms with E-state index in [1.165, 1.54) is 18.4 Å². The molecule has 5 nitrogen and oxygen atoms in total. The highest BCUT2D eigenvalue weighted by molar-refractivity contribution is 7.17. The fourth-order valence-electron chi connectivity index (χ4n) is 1.36. The number of anilines is 1. The summed E-state index contributed by atoms with van der Waals surface area (Å²) in [7, 11) is 3.20. The summed E-state index contributed by atoms with van der Waals surface area (Å²) >= 11 is 1.28. The summed E-state index contributed by atoms with van der Waals surface area (Å²) in [5.41, 5.74) is 0.660. The third-order valence-electron chi connectivity index (χ3n) is 2.25. The molecule has 0 saturated heterocycles. The first kappa shape index (κ1) is 13.5. The van der Waals surface area contributed by atoms with Crippen LogP contribution >= 0.6 is 11.3 Å². The van der Waals surface area contributed by atoms with Crippen LogP contribution < -0.4 is 4.90 Å². The summed E-state index contributed by atoms with van der Waals surface area (Å²) in [5, 5.41) is 9.48. The number of carbonyl (C=O) groups excluding carboxylic acids is 1. The molecule has 17 heavy (non-hydrogen) atoms. The van der Waals surface area contributed by atoms with E-state index in [4.69, 9.17) is 5.26 Å². The average molecular weight is 253 g/mol. The van der Waals surface area contributed by atoms with Crippen LogP contribution in [0, 0.1) is 24.2 Å². The van der Waals surface area contributed by atoms with Gasteiger partial charge in [-0.05, 0) is 13.8 Å². The number of carbonyl (C=O) groups is 1. The van der Waals surface area contributed by atoms with Crippen molar-refractivity contribution in [1.29, 1.82) is 5.26 Å². The molecular formula is C11H15N3O2S.